The van der Waals surface area contributed by atoms with E-state index in [2.05, 4.69) is 20.8 Å². The summed E-state index contributed by atoms with van der Waals surface area (Å²) in [6.45, 7) is 0.504. The van der Waals surface area contributed by atoms with Gasteiger partial charge in [-0.15, -0.1) is 5.10 Å². The molecule has 21 heavy (non-hydrogen) atoms. The molecule has 0 aliphatic carbocycles. The van der Waals surface area contributed by atoms with Crippen LogP contribution in [0.2, 0.25) is 0 Å². The molecule has 0 radical (unpaired) electrons. The zero-order chi connectivity index (χ0) is 15.2. The molecule has 8 nitrogen and oxygen atoms in total. The van der Waals surface area contributed by atoms with E-state index in [9.17, 15) is 0 Å². The van der Waals surface area contributed by atoms with Gasteiger partial charge in [0, 0.05) is 12.1 Å². The van der Waals surface area contributed by atoms with Crippen molar-refractivity contribution < 1.29 is 18.6 Å². The average Bonchev–Trinajstić information content (AvgIpc) is 2.93. The second kappa shape index (κ2) is 6.80. The maximum absolute atomic E-state index is 5.42. The van der Waals surface area contributed by atoms with E-state index in [0.717, 1.165) is 0 Å². The molecule has 114 valence electrons. The van der Waals surface area contributed by atoms with Crippen LogP contribution >= 0.6 is 0 Å². The van der Waals surface area contributed by atoms with Crippen LogP contribution in [0.5, 0.6) is 17.2 Å². The Morgan fingerprint density at radius 2 is 1.71 bits per heavy atom. The number of methoxy groups -OCH3 is 3. The number of nitrogens with zero attached hydrogens (tertiary/aromatic N) is 2. The largest absolute Gasteiger partial charge is 0.493 e. The van der Waals surface area contributed by atoms with Gasteiger partial charge in [0.2, 0.25) is 11.6 Å². The molecule has 0 unspecified atom stereocenters. The Morgan fingerprint density at radius 3 is 2.24 bits per heavy atom. The minimum atomic E-state index is 0.287. The molecule has 0 spiro atoms. The average molecular weight is 294 g/mol. The number of rotatable bonds is 7. The normalized spacial score (nSPS) is 10.3. The third-order valence-electron chi connectivity index (χ3n) is 2.71. The third kappa shape index (κ3) is 3.34. The van der Waals surface area contributed by atoms with E-state index in [1.807, 2.05) is 0 Å². The fraction of sp³-hybridized carbons (Fsp3) is 0.385. The first-order valence-corrected chi connectivity index (χ1v) is 6.25. The molecule has 1 heterocycles. The minimum Gasteiger partial charge on any atom is -0.493 e. The Hall–Kier alpha value is -2.48. The van der Waals surface area contributed by atoms with E-state index in [1.165, 1.54) is 0 Å². The summed E-state index contributed by atoms with van der Waals surface area (Å²) < 4.78 is 21.2. The van der Waals surface area contributed by atoms with E-state index < -0.39 is 0 Å². The molecule has 0 aliphatic rings. The molecule has 2 N–H and O–H groups in total. The highest BCUT2D eigenvalue weighted by atomic mass is 16.5. The number of hydrogen-bond donors (Lipinski definition) is 2. The lowest BCUT2D eigenvalue weighted by molar-refractivity contribution is 0.324. The van der Waals surface area contributed by atoms with Crippen molar-refractivity contribution in [1.29, 1.82) is 0 Å². The van der Waals surface area contributed by atoms with Crippen molar-refractivity contribution in [1.82, 2.24) is 15.5 Å². The van der Waals surface area contributed by atoms with Crippen molar-refractivity contribution >= 4 is 11.7 Å². The predicted molar refractivity (Wildman–Crippen MR) is 76.4 cm³/mol. The molecule has 0 saturated heterocycles. The smallest absolute Gasteiger partial charge is 0.320 e. The van der Waals surface area contributed by atoms with Gasteiger partial charge in [-0.1, -0.05) is 5.10 Å². The van der Waals surface area contributed by atoms with Gasteiger partial charge in [0.25, 0.3) is 0 Å². The predicted octanol–water partition coefficient (Wildman–Crippen LogP) is 1.56. The standard InChI is InChI=1S/C13H18N4O4/c1-14-7-11-16-17-13(21-11)15-8-5-9(18-2)12(20-4)10(6-8)19-3/h5-6,14H,7H2,1-4H3,(H,15,17). The monoisotopic (exact) mass is 294 g/mol. The zero-order valence-corrected chi connectivity index (χ0v) is 12.4. The molecule has 1 aromatic heterocycles. The summed E-state index contributed by atoms with van der Waals surface area (Å²) in [5, 5.41) is 13.7. The van der Waals surface area contributed by atoms with Crippen molar-refractivity contribution in [2.24, 2.45) is 0 Å². The first-order valence-electron chi connectivity index (χ1n) is 6.25. The minimum absolute atomic E-state index is 0.287. The van der Waals surface area contributed by atoms with E-state index in [4.69, 9.17) is 18.6 Å². The number of anilines is 2. The highest BCUT2D eigenvalue weighted by Crippen LogP contribution is 2.40. The molecule has 0 amide bonds. The van der Waals surface area contributed by atoms with E-state index in [0.29, 0.717) is 35.4 Å². The zero-order valence-electron chi connectivity index (χ0n) is 12.4. The van der Waals surface area contributed by atoms with Crippen LogP contribution in [0.3, 0.4) is 0 Å². The van der Waals surface area contributed by atoms with Gasteiger partial charge in [0.1, 0.15) is 0 Å². The van der Waals surface area contributed by atoms with Crippen LogP contribution in [0.25, 0.3) is 0 Å². The number of aromatic nitrogens is 2. The van der Waals surface area contributed by atoms with Crippen LogP contribution in [0, 0.1) is 0 Å². The summed E-state index contributed by atoms with van der Waals surface area (Å²) in [7, 11) is 6.46. The van der Waals surface area contributed by atoms with Crippen molar-refractivity contribution in [3.05, 3.63) is 18.0 Å². The topological polar surface area (TPSA) is 90.7 Å². The van der Waals surface area contributed by atoms with Crippen LogP contribution in [0.15, 0.2) is 16.5 Å². The Bertz CT molecular complexity index is 575. The van der Waals surface area contributed by atoms with E-state index >= 15 is 0 Å². The fourth-order valence-electron chi connectivity index (χ4n) is 1.80. The second-order valence-electron chi connectivity index (χ2n) is 4.07. The molecule has 0 aliphatic heterocycles. The molecule has 0 bridgehead atoms. The van der Waals surface area contributed by atoms with Gasteiger partial charge in [-0.25, -0.2) is 0 Å². The van der Waals surface area contributed by atoms with Gasteiger partial charge >= 0.3 is 6.01 Å². The van der Waals surface area contributed by atoms with Gasteiger partial charge in [-0.05, 0) is 7.05 Å². The quantitative estimate of drug-likeness (QED) is 0.795. The summed E-state index contributed by atoms with van der Waals surface area (Å²) in [4.78, 5) is 0. The number of benzene rings is 1. The molecule has 2 aromatic rings. The summed E-state index contributed by atoms with van der Waals surface area (Å²) >= 11 is 0. The van der Waals surface area contributed by atoms with E-state index in [-0.39, 0.29) is 6.01 Å². The highest BCUT2D eigenvalue weighted by Gasteiger charge is 2.14. The lowest BCUT2D eigenvalue weighted by Gasteiger charge is -2.13. The Morgan fingerprint density at radius 1 is 1.05 bits per heavy atom. The summed E-state index contributed by atoms with van der Waals surface area (Å²) in [5.74, 6) is 2.09. The maximum atomic E-state index is 5.42. The lowest BCUT2D eigenvalue weighted by atomic mass is 10.2. The highest BCUT2D eigenvalue weighted by molar-refractivity contribution is 5.65. The SMILES string of the molecule is CNCc1nnc(Nc2cc(OC)c(OC)c(OC)c2)o1. The second-order valence-corrected chi connectivity index (χ2v) is 4.07. The van der Waals surface area contributed by atoms with Crippen LogP contribution in [0.4, 0.5) is 11.7 Å². The van der Waals surface area contributed by atoms with Gasteiger partial charge < -0.3 is 29.3 Å². The molecule has 0 saturated carbocycles. The first kappa shape index (κ1) is 14.9. The Kier molecular flexibility index (Phi) is 4.83. The van der Waals surface area contributed by atoms with E-state index in [1.54, 1.807) is 40.5 Å². The Labute approximate surface area is 122 Å². The van der Waals surface area contributed by atoms with Gasteiger partial charge in [0.15, 0.2) is 11.5 Å². The molecule has 2 rings (SSSR count). The molecule has 0 atom stereocenters. The first-order chi connectivity index (χ1) is 10.2. The van der Waals surface area contributed by atoms with Crippen LogP contribution < -0.4 is 24.8 Å². The van der Waals surface area contributed by atoms with Crippen LogP contribution in [-0.4, -0.2) is 38.6 Å². The summed E-state index contributed by atoms with van der Waals surface area (Å²) in [5.41, 5.74) is 0.684. The molecule has 1 aromatic carbocycles. The van der Waals surface area contributed by atoms with Gasteiger partial charge in [0.05, 0.1) is 33.6 Å². The number of hydrogen-bond acceptors (Lipinski definition) is 8. The number of nitrogens with one attached hydrogen (secondary N) is 2. The Balaban J connectivity index is 2.26. The fourth-order valence-corrected chi connectivity index (χ4v) is 1.80. The van der Waals surface area contributed by atoms with Crippen LogP contribution in [0.1, 0.15) is 5.89 Å². The van der Waals surface area contributed by atoms with Gasteiger partial charge in [-0.2, -0.15) is 0 Å². The van der Waals surface area contributed by atoms with Crippen molar-refractivity contribution in [2.75, 3.05) is 33.7 Å². The van der Waals surface area contributed by atoms with Crippen LogP contribution in [-0.2, 0) is 6.54 Å². The van der Waals surface area contributed by atoms with Crippen molar-refractivity contribution in [3.63, 3.8) is 0 Å². The lowest BCUT2D eigenvalue weighted by Crippen LogP contribution is -2.04. The van der Waals surface area contributed by atoms with Crippen molar-refractivity contribution in [3.8, 4) is 17.2 Å². The molecule has 8 heteroatoms. The van der Waals surface area contributed by atoms with Gasteiger partial charge in [-0.3, -0.25) is 0 Å². The molecular formula is C13H18N4O4. The number of ether oxygens (including phenoxy) is 3. The van der Waals surface area contributed by atoms with Crippen molar-refractivity contribution in [2.45, 2.75) is 6.54 Å². The maximum Gasteiger partial charge on any atom is 0.320 e. The molecule has 0 fully saturated rings. The summed E-state index contributed by atoms with van der Waals surface area (Å²) in [6, 6.07) is 3.79. The summed E-state index contributed by atoms with van der Waals surface area (Å²) in [6.07, 6.45) is 0. The third-order valence-corrected chi connectivity index (χ3v) is 2.71. The molecular weight excluding hydrogens is 276 g/mol.